The second-order valence-electron chi connectivity index (χ2n) is 6.40. The zero-order chi connectivity index (χ0) is 19.6. The van der Waals surface area contributed by atoms with Gasteiger partial charge in [0.25, 0.3) is 10.7 Å². The molecule has 2 saturated heterocycles. The van der Waals surface area contributed by atoms with Crippen LogP contribution in [0.3, 0.4) is 0 Å². The maximum atomic E-state index is 15.6. The number of rotatable bonds is 3. The number of anilines is 1. The average Bonchev–Trinajstić information content (AvgIpc) is 3.05. The molecule has 2 aliphatic heterocycles. The van der Waals surface area contributed by atoms with Crippen LogP contribution in [0.2, 0.25) is 0 Å². The molecule has 5 atom stereocenters. The molecule has 4 rings (SSSR count). The maximum Gasteiger partial charge on any atom is 0.328 e. The zero-order valence-corrected chi connectivity index (χ0v) is 16.6. The van der Waals surface area contributed by atoms with Crippen LogP contribution in [0.1, 0.15) is 20.1 Å². The first kappa shape index (κ1) is 19.2. The lowest BCUT2D eigenvalue weighted by Gasteiger charge is -2.35. The second-order valence-corrected chi connectivity index (χ2v) is 9.89. The molecule has 0 aromatic carbocycles. The van der Waals surface area contributed by atoms with E-state index in [1.807, 2.05) is 0 Å². The van der Waals surface area contributed by atoms with E-state index >= 15 is 4.39 Å². The lowest BCUT2D eigenvalue weighted by Crippen LogP contribution is -2.43. The number of nitrogens with two attached hydrogens (primary N) is 1. The molecule has 0 bridgehead atoms. The number of nitrogens with one attached hydrogen (secondary N) is 1. The monoisotopic (exact) mass is 439 g/mol. The predicted molar refractivity (Wildman–Crippen MR) is 97.5 cm³/mol. The van der Waals surface area contributed by atoms with E-state index in [4.69, 9.17) is 47.4 Å². The Balaban J connectivity index is 1.71. The van der Waals surface area contributed by atoms with Gasteiger partial charge in [0.05, 0.1) is 19.0 Å². The smallest absolute Gasteiger partial charge is 0.328 e. The lowest BCUT2D eigenvalue weighted by molar-refractivity contribution is -0.0635. The van der Waals surface area contributed by atoms with Crippen LogP contribution < -0.4 is 11.3 Å². The van der Waals surface area contributed by atoms with E-state index in [1.54, 1.807) is 13.8 Å². The Bertz CT molecular complexity index is 999. The van der Waals surface area contributed by atoms with E-state index in [1.165, 1.54) is 10.9 Å². The summed E-state index contributed by atoms with van der Waals surface area (Å²) in [5.74, 6) is -0.149. The molecule has 2 fully saturated rings. The fourth-order valence-corrected chi connectivity index (χ4v) is 5.96. The fraction of sp³-hybridized carbons (Fsp3) is 0.615. The minimum absolute atomic E-state index is 0.0273. The Hall–Kier alpha value is -1.14. The molecule has 3 N–H and O–H groups in total. The number of nitrogens with zero attached hydrogens (tertiary/aromatic N) is 3. The molecule has 14 heteroatoms. The highest BCUT2D eigenvalue weighted by molar-refractivity contribution is 8.07. The largest absolute Gasteiger partial charge is 0.369 e. The Morgan fingerprint density at radius 3 is 3.07 bits per heavy atom. The van der Waals surface area contributed by atoms with Crippen molar-refractivity contribution in [3.63, 3.8) is 0 Å². The van der Waals surface area contributed by atoms with Crippen molar-refractivity contribution in [2.75, 3.05) is 12.3 Å². The highest BCUT2D eigenvalue weighted by Crippen LogP contribution is 2.61. The third-order valence-electron chi connectivity index (χ3n) is 4.03. The first-order valence-electron chi connectivity index (χ1n) is 7.98. The minimum Gasteiger partial charge on any atom is -0.369 e. The van der Waals surface area contributed by atoms with Crippen LogP contribution in [0.5, 0.6) is 0 Å². The van der Waals surface area contributed by atoms with Crippen LogP contribution in [0.25, 0.3) is 11.2 Å². The molecule has 2 aromatic rings. The van der Waals surface area contributed by atoms with E-state index < -0.39 is 35.8 Å². The minimum atomic E-state index is -3.17. The maximum absolute atomic E-state index is 15.6. The molecule has 0 radical (unpaired) electrons. The van der Waals surface area contributed by atoms with Gasteiger partial charge in [0, 0.05) is 0 Å². The van der Waals surface area contributed by atoms with Crippen molar-refractivity contribution in [1.29, 1.82) is 0 Å². The number of nitrogen functional groups attached to an aromatic ring is 1. The molecule has 27 heavy (non-hydrogen) atoms. The van der Waals surface area contributed by atoms with Crippen molar-refractivity contribution in [1.82, 2.24) is 19.5 Å². The van der Waals surface area contributed by atoms with Gasteiger partial charge in [-0.15, -0.1) is 0 Å². The van der Waals surface area contributed by atoms with Gasteiger partial charge >= 0.3 is 6.72 Å². The van der Waals surface area contributed by atoms with Gasteiger partial charge in [0.15, 0.2) is 17.4 Å². The molecular weight excluding hydrogens is 424 g/mol. The first-order chi connectivity index (χ1) is 12.6. The third kappa shape index (κ3) is 3.19. The molecule has 0 aliphatic carbocycles. The number of ether oxygens (including phenoxy) is 1. The van der Waals surface area contributed by atoms with Crippen molar-refractivity contribution in [2.24, 2.45) is 0 Å². The van der Waals surface area contributed by atoms with Gasteiger partial charge in [0.1, 0.15) is 12.2 Å². The summed E-state index contributed by atoms with van der Waals surface area (Å²) in [6.45, 7) is 0.296. The molecule has 2 aliphatic rings. The Labute approximate surface area is 162 Å². The van der Waals surface area contributed by atoms with Gasteiger partial charge in [-0.05, 0) is 25.7 Å². The van der Waals surface area contributed by atoms with E-state index in [0.29, 0.717) is 0 Å². The predicted octanol–water partition coefficient (Wildman–Crippen LogP) is 1.57. The van der Waals surface area contributed by atoms with Crippen molar-refractivity contribution in [2.45, 2.75) is 43.5 Å². The summed E-state index contributed by atoms with van der Waals surface area (Å²) >= 11 is 11.5. The normalized spacial score (nSPS) is 36.4. The Morgan fingerprint density at radius 2 is 2.37 bits per heavy atom. The second kappa shape index (κ2) is 6.45. The fourth-order valence-electron chi connectivity index (χ4n) is 2.99. The quantitative estimate of drug-likeness (QED) is 0.541. The van der Waals surface area contributed by atoms with Gasteiger partial charge < -0.3 is 19.5 Å². The summed E-state index contributed by atoms with van der Waals surface area (Å²) in [6.07, 6.45) is -2.53. The Kier molecular flexibility index (Phi) is 4.58. The highest BCUT2D eigenvalue weighted by Gasteiger charge is 2.62. The number of alkyl halides is 2. The van der Waals surface area contributed by atoms with E-state index in [9.17, 15) is 4.79 Å². The molecule has 4 heterocycles. The molecule has 0 amide bonds. The van der Waals surface area contributed by atoms with Crippen LogP contribution in [0.4, 0.5) is 10.3 Å². The number of hydrogen-bond donors (Lipinski definition) is 2. The van der Waals surface area contributed by atoms with Crippen LogP contribution in [-0.4, -0.2) is 49.6 Å². The lowest BCUT2D eigenvalue weighted by atomic mass is 10.1. The van der Waals surface area contributed by atoms with E-state index in [-0.39, 0.29) is 29.8 Å². The Morgan fingerprint density at radius 1 is 1.63 bits per heavy atom. The number of H-pyrrole nitrogens is 1. The van der Waals surface area contributed by atoms with Crippen molar-refractivity contribution >= 4 is 47.2 Å². The standard InChI is InChI=1S/C13H16ClFN5O5PS/c1-5(2)24-26(27)22-3-6-8(25-26)13(14,15)11(23-6)20-4-17-7-9(20)18-12(16)19-10(7)21/h4-6,8,11H,3H2,1-2H3,(H3,16,18,19,21). The molecule has 2 aromatic heterocycles. The number of imidazole rings is 1. The number of hydrogen-bond acceptors (Lipinski definition) is 9. The summed E-state index contributed by atoms with van der Waals surface area (Å²) in [6, 6.07) is 0. The topological polar surface area (TPSA) is 127 Å². The SMILES string of the molecule is CC(C)OP1(=S)OCC2OC(n3cnc4c(=O)[nH]c(N)nc43)C(F)(Cl)C2O1. The van der Waals surface area contributed by atoms with Gasteiger partial charge in [0.2, 0.25) is 5.95 Å². The van der Waals surface area contributed by atoms with Crippen LogP contribution in [0.15, 0.2) is 11.1 Å². The highest BCUT2D eigenvalue weighted by atomic mass is 35.5. The van der Waals surface area contributed by atoms with Crippen LogP contribution >= 0.6 is 18.3 Å². The average molecular weight is 440 g/mol. The van der Waals surface area contributed by atoms with Gasteiger partial charge in [-0.25, -0.2) is 9.37 Å². The zero-order valence-electron chi connectivity index (χ0n) is 14.2. The van der Waals surface area contributed by atoms with Crippen molar-refractivity contribution in [3.05, 3.63) is 16.7 Å². The summed E-state index contributed by atoms with van der Waals surface area (Å²) < 4.78 is 39.1. The van der Waals surface area contributed by atoms with Crippen molar-refractivity contribution in [3.8, 4) is 0 Å². The van der Waals surface area contributed by atoms with E-state index in [2.05, 4.69) is 15.0 Å². The summed E-state index contributed by atoms with van der Waals surface area (Å²) in [5.41, 5.74) is 5.01. The third-order valence-corrected chi connectivity index (χ3v) is 6.90. The number of aromatic nitrogens is 4. The van der Waals surface area contributed by atoms with Gasteiger partial charge in [-0.1, -0.05) is 11.6 Å². The van der Waals surface area contributed by atoms with Crippen molar-refractivity contribution < 1.29 is 22.7 Å². The molecule has 148 valence electrons. The van der Waals surface area contributed by atoms with Gasteiger partial charge in [-0.2, -0.15) is 4.98 Å². The number of halogens is 2. The summed E-state index contributed by atoms with van der Waals surface area (Å²) in [5, 5.41) is -2.54. The molecule has 5 unspecified atom stereocenters. The molecule has 10 nitrogen and oxygen atoms in total. The summed E-state index contributed by atoms with van der Waals surface area (Å²) in [4.78, 5) is 22.2. The molecule has 0 spiro atoms. The first-order valence-corrected chi connectivity index (χ1v) is 10.9. The molecular formula is C13H16ClFN5O5PS. The van der Waals surface area contributed by atoms with E-state index in [0.717, 1.165) is 0 Å². The summed E-state index contributed by atoms with van der Waals surface area (Å²) in [7, 11) is 0. The number of fused-ring (bicyclic) bond motifs is 2. The van der Waals surface area contributed by atoms with Crippen LogP contribution in [-0.2, 0) is 30.1 Å². The number of aromatic amines is 1. The molecule has 0 saturated carbocycles. The van der Waals surface area contributed by atoms with Crippen LogP contribution in [0, 0.1) is 0 Å². The van der Waals surface area contributed by atoms with Gasteiger partial charge in [-0.3, -0.25) is 18.9 Å².